The molecule has 1 heterocycles. The molecule has 2 rings (SSSR count). The van der Waals surface area contributed by atoms with E-state index in [-0.39, 0.29) is 23.0 Å². The number of carbonyl (C=O) groups is 1. The molecule has 7 heteroatoms. The highest BCUT2D eigenvalue weighted by Crippen LogP contribution is 2.38. The summed E-state index contributed by atoms with van der Waals surface area (Å²) in [5, 5.41) is 10.9. The normalized spacial score (nSPS) is 20.9. The minimum absolute atomic E-state index is 0.00620. The molecule has 102 valence electrons. The summed E-state index contributed by atoms with van der Waals surface area (Å²) in [4.78, 5) is 27.7. The average molecular weight is 264 g/mol. The third kappa shape index (κ3) is 2.81. The highest BCUT2D eigenvalue weighted by Gasteiger charge is 2.35. The molecule has 19 heavy (non-hydrogen) atoms. The van der Waals surface area contributed by atoms with Crippen molar-refractivity contribution in [3.8, 4) is 0 Å². The zero-order chi connectivity index (χ0) is 14.2. The first-order chi connectivity index (χ1) is 8.90. The summed E-state index contributed by atoms with van der Waals surface area (Å²) >= 11 is 0. The molecule has 0 spiro atoms. The van der Waals surface area contributed by atoms with Gasteiger partial charge < -0.3 is 10.6 Å². The number of amides is 1. The number of nitrogens with zero attached hydrogens (tertiary/aromatic N) is 3. The molecule has 1 fully saturated rings. The summed E-state index contributed by atoms with van der Waals surface area (Å²) in [5.74, 6) is 0.821. The highest BCUT2D eigenvalue weighted by atomic mass is 16.6. The Morgan fingerprint density at radius 2 is 2.32 bits per heavy atom. The van der Waals surface area contributed by atoms with E-state index in [2.05, 4.69) is 11.9 Å². The van der Waals surface area contributed by atoms with Gasteiger partial charge in [0.1, 0.15) is 17.6 Å². The molecule has 1 amide bonds. The quantitative estimate of drug-likeness (QED) is 0.652. The molecule has 1 saturated carbocycles. The van der Waals surface area contributed by atoms with Gasteiger partial charge in [-0.15, -0.1) is 0 Å². The van der Waals surface area contributed by atoms with E-state index in [4.69, 9.17) is 5.73 Å². The standard InChI is InChI=1S/C12H16N4O3/c1-7-3-8(7)6-15(2)12(17)9-4-11(13)14-5-10(9)16(18)19/h4-5,7-8H,3,6H2,1-2H3,(H2,13,14). The predicted molar refractivity (Wildman–Crippen MR) is 69.5 cm³/mol. The van der Waals surface area contributed by atoms with Crippen molar-refractivity contribution >= 4 is 17.4 Å². The lowest BCUT2D eigenvalue weighted by Gasteiger charge is -2.17. The number of aromatic nitrogens is 1. The van der Waals surface area contributed by atoms with Crippen molar-refractivity contribution in [1.82, 2.24) is 9.88 Å². The number of nitrogen functional groups attached to an aromatic ring is 1. The van der Waals surface area contributed by atoms with Gasteiger partial charge in [-0.25, -0.2) is 4.98 Å². The average Bonchev–Trinajstić information content (AvgIpc) is 3.03. The maximum atomic E-state index is 12.2. The molecular formula is C12H16N4O3. The topological polar surface area (TPSA) is 102 Å². The summed E-state index contributed by atoms with van der Waals surface area (Å²) in [5.41, 5.74) is 5.18. The van der Waals surface area contributed by atoms with Crippen LogP contribution in [0.25, 0.3) is 0 Å². The van der Waals surface area contributed by atoms with Gasteiger partial charge in [0.25, 0.3) is 11.6 Å². The van der Waals surface area contributed by atoms with Gasteiger partial charge in [-0.3, -0.25) is 14.9 Å². The Hall–Kier alpha value is -2.18. The Morgan fingerprint density at radius 1 is 1.68 bits per heavy atom. The van der Waals surface area contributed by atoms with Crippen molar-refractivity contribution in [2.45, 2.75) is 13.3 Å². The van der Waals surface area contributed by atoms with Gasteiger partial charge in [0, 0.05) is 13.6 Å². The number of hydrogen-bond donors (Lipinski definition) is 1. The molecule has 0 aromatic carbocycles. The van der Waals surface area contributed by atoms with E-state index in [9.17, 15) is 14.9 Å². The molecule has 0 saturated heterocycles. The second-order valence-electron chi connectivity index (χ2n) is 5.04. The Labute approximate surface area is 110 Å². The fraction of sp³-hybridized carbons (Fsp3) is 0.500. The van der Waals surface area contributed by atoms with Crippen LogP contribution in [-0.4, -0.2) is 34.3 Å². The van der Waals surface area contributed by atoms with Crippen LogP contribution in [0.2, 0.25) is 0 Å². The lowest BCUT2D eigenvalue weighted by molar-refractivity contribution is -0.385. The molecule has 1 aromatic rings. The first-order valence-electron chi connectivity index (χ1n) is 6.05. The Kier molecular flexibility index (Phi) is 3.37. The highest BCUT2D eigenvalue weighted by molar-refractivity contribution is 5.98. The van der Waals surface area contributed by atoms with Crippen molar-refractivity contribution < 1.29 is 9.72 Å². The number of nitrogens with two attached hydrogens (primary N) is 1. The van der Waals surface area contributed by atoms with E-state index in [1.807, 2.05) is 0 Å². The largest absolute Gasteiger partial charge is 0.384 e. The van der Waals surface area contributed by atoms with Gasteiger partial charge in [0.15, 0.2) is 0 Å². The van der Waals surface area contributed by atoms with Crippen molar-refractivity contribution in [1.29, 1.82) is 0 Å². The van der Waals surface area contributed by atoms with Crippen LogP contribution in [0.4, 0.5) is 11.5 Å². The molecule has 1 aliphatic carbocycles. The van der Waals surface area contributed by atoms with Gasteiger partial charge in [-0.2, -0.15) is 0 Å². The second kappa shape index (κ2) is 4.83. The van der Waals surface area contributed by atoms with E-state index in [0.717, 1.165) is 12.6 Å². The first kappa shape index (κ1) is 13.3. The van der Waals surface area contributed by atoms with E-state index >= 15 is 0 Å². The molecule has 2 N–H and O–H groups in total. The number of hydrogen-bond acceptors (Lipinski definition) is 5. The summed E-state index contributed by atoms with van der Waals surface area (Å²) in [6, 6.07) is 1.26. The number of pyridine rings is 1. The van der Waals surface area contributed by atoms with Crippen molar-refractivity contribution in [3.63, 3.8) is 0 Å². The lowest BCUT2D eigenvalue weighted by Crippen LogP contribution is -2.29. The van der Waals surface area contributed by atoms with Crippen LogP contribution < -0.4 is 5.73 Å². The lowest BCUT2D eigenvalue weighted by atomic mass is 10.2. The van der Waals surface area contributed by atoms with Crippen LogP contribution in [-0.2, 0) is 0 Å². The van der Waals surface area contributed by atoms with Crippen LogP contribution in [0.15, 0.2) is 12.3 Å². The zero-order valence-electron chi connectivity index (χ0n) is 10.9. The Bertz CT molecular complexity index is 532. The van der Waals surface area contributed by atoms with Crippen LogP contribution >= 0.6 is 0 Å². The summed E-state index contributed by atoms with van der Waals surface area (Å²) < 4.78 is 0. The van der Waals surface area contributed by atoms with Crippen LogP contribution in [0.5, 0.6) is 0 Å². The number of rotatable bonds is 4. The van der Waals surface area contributed by atoms with E-state index in [0.29, 0.717) is 18.4 Å². The molecular weight excluding hydrogens is 248 g/mol. The van der Waals surface area contributed by atoms with Gasteiger partial charge in [0.2, 0.25) is 0 Å². The maximum absolute atomic E-state index is 12.2. The zero-order valence-corrected chi connectivity index (χ0v) is 10.9. The van der Waals surface area contributed by atoms with Gasteiger partial charge in [0.05, 0.1) is 4.92 Å². The van der Waals surface area contributed by atoms with Gasteiger partial charge in [-0.1, -0.05) is 6.92 Å². The predicted octanol–water partition coefficient (Wildman–Crippen LogP) is 1.30. The fourth-order valence-electron chi connectivity index (χ4n) is 2.07. The van der Waals surface area contributed by atoms with Crippen LogP contribution in [0, 0.1) is 22.0 Å². The Morgan fingerprint density at radius 3 is 2.84 bits per heavy atom. The maximum Gasteiger partial charge on any atom is 0.300 e. The number of carbonyl (C=O) groups excluding carboxylic acids is 1. The van der Waals surface area contributed by atoms with Gasteiger partial charge in [-0.05, 0) is 24.3 Å². The Balaban J connectivity index is 2.21. The minimum Gasteiger partial charge on any atom is -0.384 e. The van der Waals surface area contributed by atoms with Crippen molar-refractivity contribution in [2.24, 2.45) is 11.8 Å². The summed E-state index contributed by atoms with van der Waals surface area (Å²) in [7, 11) is 1.65. The fourth-order valence-corrected chi connectivity index (χ4v) is 2.07. The third-order valence-corrected chi connectivity index (χ3v) is 3.46. The number of nitro groups is 1. The SMILES string of the molecule is CC1CC1CN(C)C(=O)c1cc(N)ncc1[N+](=O)[O-]. The molecule has 0 aliphatic heterocycles. The summed E-state index contributed by atoms with van der Waals surface area (Å²) in [6.45, 7) is 2.73. The molecule has 2 unspecified atom stereocenters. The number of anilines is 1. The third-order valence-electron chi connectivity index (χ3n) is 3.46. The van der Waals surface area contributed by atoms with Crippen molar-refractivity contribution in [3.05, 3.63) is 27.9 Å². The second-order valence-corrected chi connectivity index (χ2v) is 5.04. The minimum atomic E-state index is -0.618. The van der Waals surface area contributed by atoms with Crippen molar-refractivity contribution in [2.75, 3.05) is 19.3 Å². The van der Waals surface area contributed by atoms with E-state index in [1.54, 1.807) is 7.05 Å². The molecule has 0 radical (unpaired) electrons. The van der Waals surface area contributed by atoms with E-state index < -0.39 is 4.92 Å². The molecule has 2 atom stereocenters. The summed E-state index contributed by atoms with van der Waals surface area (Å²) in [6.07, 6.45) is 2.12. The smallest absolute Gasteiger partial charge is 0.300 e. The van der Waals surface area contributed by atoms with Crippen LogP contribution in [0.3, 0.4) is 0 Å². The molecule has 7 nitrogen and oxygen atoms in total. The molecule has 0 bridgehead atoms. The van der Waals surface area contributed by atoms with Gasteiger partial charge >= 0.3 is 0 Å². The van der Waals surface area contributed by atoms with Crippen LogP contribution in [0.1, 0.15) is 23.7 Å². The first-order valence-corrected chi connectivity index (χ1v) is 6.05. The monoisotopic (exact) mass is 264 g/mol. The molecule has 1 aromatic heterocycles. The molecule has 1 aliphatic rings. The van der Waals surface area contributed by atoms with E-state index in [1.165, 1.54) is 11.0 Å².